The monoisotopic (exact) mass is 290 g/mol. The molecule has 0 saturated carbocycles. The molecule has 21 heavy (non-hydrogen) atoms. The summed E-state index contributed by atoms with van der Waals surface area (Å²) in [5, 5.41) is 17.4. The standard InChI is InChI=1S/C12H14N6O3/c13-16-11-3-2-9(18(20)21)8-10(11)12(19)14-5-7-17-6-1-4-15-17/h1-4,6,8,16H,5,7,13H2,(H,14,19). The number of non-ortho nitro benzene ring substituents is 1. The highest BCUT2D eigenvalue weighted by molar-refractivity contribution is 6.00. The molecule has 1 aromatic carbocycles. The Hall–Kier alpha value is -2.94. The van der Waals surface area contributed by atoms with E-state index in [2.05, 4.69) is 15.8 Å². The lowest BCUT2D eigenvalue weighted by Crippen LogP contribution is -2.28. The minimum absolute atomic E-state index is 0.118. The molecule has 0 aliphatic rings. The minimum Gasteiger partial charge on any atom is -0.350 e. The number of nitrogens with one attached hydrogen (secondary N) is 2. The van der Waals surface area contributed by atoms with Crippen molar-refractivity contribution in [2.45, 2.75) is 6.54 Å². The van der Waals surface area contributed by atoms with Crippen LogP contribution in [0, 0.1) is 10.1 Å². The van der Waals surface area contributed by atoms with Crippen molar-refractivity contribution in [1.82, 2.24) is 15.1 Å². The normalized spacial score (nSPS) is 10.1. The highest BCUT2D eigenvalue weighted by Gasteiger charge is 2.16. The molecule has 0 aliphatic carbocycles. The van der Waals surface area contributed by atoms with Crippen LogP contribution in [0.1, 0.15) is 10.4 Å². The molecule has 0 spiro atoms. The third kappa shape index (κ3) is 3.54. The number of nitro groups is 1. The summed E-state index contributed by atoms with van der Waals surface area (Å²) in [6, 6.07) is 5.62. The molecule has 2 aromatic rings. The summed E-state index contributed by atoms with van der Waals surface area (Å²) in [5.41, 5.74) is 2.61. The molecular formula is C12H14N6O3. The molecule has 110 valence electrons. The molecule has 9 heteroatoms. The number of carbonyl (C=O) groups is 1. The van der Waals surface area contributed by atoms with Gasteiger partial charge in [0.25, 0.3) is 11.6 Å². The average molecular weight is 290 g/mol. The lowest BCUT2D eigenvalue weighted by molar-refractivity contribution is -0.384. The maximum atomic E-state index is 12.1. The van der Waals surface area contributed by atoms with Gasteiger partial charge in [-0.1, -0.05) is 0 Å². The van der Waals surface area contributed by atoms with E-state index in [0.29, 0.717) is 18.8 Å². The van der Waals surface area contributed by atoms with E-state index in [-0.39, 0.29) is 11.3 Å². The van der Waals surface area contributed by atoms with Crippen LogP contribution in [0.4, 0.5) is 11.4 Å². The molecule has 0 bridgehead atoms. The minimum atomic E-state index is -0.569. The van der Waals surface area contributed by atoms with Gasteiger partial charge in [0.15, 0.2) is 0 Å². The summed E-state index contributed by atoms with van der Waals surface area (Å²) in [4.78, 5) is 22.3. The zero-order valence-corrected chi connectivity index (χ0v) is 11.0. The zero-order chi connectivity index (χ0) is 15.2. The van der Waals surface area contributed by atoms with Crippen molar-refractivity contribution in [3.63, 3.8) is 0 Å². The van der Waals surface area contributed by atoms with E-state index in [1.807, 2.05) is 0 Å². The van der Waals surface area contributed by atoms with Crippen LogP contribution in [0.15, 0.2) is 36.7 Å². The number of hydrogen-bond donors (Lipinski definition) is 3. The fourth-order valence-corrected chi connectivity index (χ4v) is 1.77. The van der Waals surface area contributed by atoms with Crippen LogP contribution < -0.4 is 16.6 Å². The molecule has 1 amide bonds. The number of aromatic nitrogens is 2. The van der Waals surface area contributed by atoms with Crippen molar-refractivity contribution in [3.8, 4) is 0 Å². The Balaban J connectivity index is 2.06. The largest absolute Gasteiger partial charge is 0.350 e. The number of rotatable bonds is 6. The van der Waals surface area contributed by atoms with Crippen LogP contribution in [0.2, 0.25) is 0 Å². The lowest BCUT2D eigenvalue weighted by atomic mass is 10.1. The third-order valence-electron chi connectivity index (χ3n) is 2.80. The van der Waals surface area contributed by atoms with E-state index in [1.54, 1.807) is 23.1 Å². The molecule has 0 radical (unpaired) electrons. The molecular weight excluding hydrogens is 276 g/mol. The molecule has 0 fully saturated rings. The smallest absolute Gasteiger partial charge is 0.270 e. The van der Waals surface area contributed by atoms with Gasteiger partial charge in [-0.25, -0.2) is 0 Å². The highest BCUT2D eigenvalue weighted by Crippen LogP contribution is 2.21. The first-order valence-corrected chi connectivity index (χ1v) is 6.12. The second-order valence-corrected chi connectivity index (χ2v) is 4.16. The Morgan fingerprint density at radius 2 is 2.29 bits per heavy atom. The van der Waals surface area contributed by atoms with Gasteiger partial charge in [-0.2, -0.15) is 5.10 Å². The van der Waals surface area contributed by atoms with Gasteiger partial charge in [-0.15, -0.1) is 0 Å². The molecule has 2 rings (SSSR count). The Bertz CT molecular complexity index is 640. The molecule has 0 saturated heterocycles. The van der Waals surface area contributed by atoms with Gasteiger partial charge in [-0.05, 0) is 12.1 Å². The Morgan fingerprint density at radius 1 is 1.48 bits per heavy atom. The van der Waals surface area contributed by atoms with Gasteiger partial charge < -0.3 is 10.7 Å². The maximum absolute atomic E-state index is 12.1. The van der Waals surface area contributed by atoms with Crippen LogP contribution in [0.25, 0.3) is 0 Å². The second-order valence-electron chi connectivity index (χ2n) is 4.16. The van der Waals surface area contributed by atoms with Crippen molar-refractivity contribution in [2.24, 2.45) is 5.84 Å². The Labute approximate surface area is 119 Å². The van der Waals surface area contributed by atoms with Crippen molar-refractivity contribution in [3.05, 3.63) is 52.3 Å². The van der Waals surface area contributed by atoms with Gasteiger partial charge in [0.2, 0.25) is 0 Å². The zero-order valence-electron chi connectivity index (χ0n) is 11.0. The van der Waals surface area contributed by atoms with E-state index in [1.165, 1.54) is 18.2 Å². The predicted molar refractivity (Wildman–Crippen MR) is 75.5 cm³/mol. The van der Waals surface area contributed by atoms with E-state index < -0.39 is 10.8 Å². The summed E-state index contributed by atoms with van der Waals surface area (Å²) >= 11 is 0. The molecule has 9 nitrogen and oxygen atoms in total. The predicted octanol–water partition coefficient (Wildman–Crippen LogP) is 0.507. The van der Waals surface area contributed by atoms with Crippen molar-refractivity contribution in [2.75, 3.05) is 12.0 Å². The summed E-state index contributed by atoms with van der Waals surface area (Å²) < 4.78 is 1.66. The maximum Gasteiger partial charge on any atom is 0.270 e. The fourth-order valence-electron chi connectivity index (χ4n) is 1.77. The van der Waals surface area contributed by atoms with E-state index in [4.69, 9.17) is 5.84 Å². The van der Waals surface area contributed by atoms with Crippen molar-refractivity contribution in [1.29, 1.82) is 0 Å². The lowest BCUT2D eigenvalue weighted by Gasteiger charge is -2.09. The Kier molecular flexibility index (Phi) is 4.46. The van der Waals surface area contributed by atoms with Crippen LogP contribution in [0.5, 0.6) is 0 Å². The van der Waals surface area contributed by atoms with E-state index >= 15 is 0 Å². The quantitative estimate of drug-likeness (QED) is 0.404. The van der Waals surface area contributed by atoms with Gasteiger partial charge in [0.1, 0.15) is 0 Å². The molecule has 1 heterocycles. The average Bonchev–Trinajstić information content (AvgIpc) is 2.99. The number of carbonyl (C=O) groups excluding carboxylic acids is 1. The first kappa shape index (κ1) is 14.5. The van der Waals surface area contributed by atoms with E-state index in [9.17, 15) is 14.9 Å². The SMILES string of the molecule is NNc1ccc([N+](=O)[O-])cc1C(=O)NCCn1cccn1. The van der Waals surface area contributed by atoms with Gasteiger partial charge in [0, 0.05) is 31.1 Å². The number of hydrogen-bond acceptors (Lipinski definition) is 6. The molecule has 0 unspecified atom stereocenters. The molecule has 0 atom stereocenters. The van der Waals surface area contributed by atoms with Crippen LogP contribution in [0.3, 0.4) is 0 Å². The molecule has 4 N–H and O–H groups in total. The number of benzene rings is 1. The van der Waals surface area contributed by atoms with Crippen LogP contribution in [-0.2, 0) is 6.54 Å². The number of anilines is 1. The first-order chi connectivity index (χ1) is 10.1. The number of nitrogens with two attached hydrogens (primary N) is 1. The summed E-state index contributed by atoms with van der Waals surface area (Å²) in [5.74, 6) is 4.86. The van der Waals surface area contributed by atoms with Gasteiger partial charge >= 0.3 is 0 Å². The highest BCUT2D eigenvalue weighted by atomic mass is 16.6. The fraction of sp³-hybridized carbons (Fsp3) is 0.167. The van der Waals surface area contributed by atoms with Crippen LogP contribution >= 0.6 is 0 Å². The second kappa shape index (κ2) is 6.48. The molecule has 1 aromatic heterocycles. The van der Waals surface area contributed by atoms with Gasteiger partial charge in [0.05, 0.1) is 22.7 Å². The first-order valence-electron chi connectivity index (χ1n) is 6.12. The third-order valence-corrected chi connectivity index (χ3v) is 2.80. The number of hydrazine groups is 1. The number of amides is 1. The topological polar surface area (TPSA) is 128 Å². The van der Waals surface area contributed by atoms with Crippen molar-refractivity contribution < 1.29 is 9.72 Å². The summed E-state index contributed by atoms with van der Waals surface area (Å²) in [7, 11) is 0. The summed E-state index contributed by atoms with van der Waals surface area (Å²) in [6.45, 7) is 0.840. The van der Waals surface area contributed by atoms with Gasteiger partial charge in [-0.3, -0.25) is 25.4 Å². The Morgan fingerprint density at radius 3 is 2.90 bits per heavy atom. The van der Waals surface area contributed by atoms with Crippen LogP contribution in [-0.4, -0.2) is 27.2 Å². The number of nitrogens with zero attached hydrogens (tertiary/aromatic N) is 3. The molecule has 0 aliphatic heterocycles. The number of nitro benzene ring substituents is 1. The number of nitrogen functional groups attached to an aromatic ring is 1. The van der Waals surface area contributed by atoms with Crippen molar-refractivity contribution >= 4 is 17.3 Å². The van der Waals surface area contributed by atoms with E-state index in [0.717, 1.165) is 0 Å². The summed E-state index contributed by atoms with van der Waals surface area (Å²) in [6.07, 6.45) is 3.41.